The van der Waals surface area contributed by atoms with Gasteiger partial charge in [-0.15, -0.1) is 11.3 Å². The van der Waals surface area contributed by atoms with E-state index >= 15 is 0 Å². The van der Waals surface area contributed by atoms with Crippen molar-refractivity contribution in [2.75, 3.05) is 43.1 Å². The first-order valence-corrected chi connectivity index (χ1v) is 17.3. The lowest BCUT2D eigenvalue weighted by molar-refractivity contribution is 0.0635. The number of aromatic nitrogens is 1. The number of pyridine rings is 1. The van der Waals surface area contributed by atoms with Crippen molar-refractivity contribution < 1.29 is 23.5 Å². The van der Waals surface area contributed by atoms with Crippen LogP contribution in [0.15, 0.2) is 35.2 Å². The van der Waals surface area contributed by atoms with Gasteiger partial charge in [-0.2, -0.15) is 0 Å². The minimum atomic E-state index is -0.651. The number of anilines is 3. The van der Waals surface area contributed by atoms with Crippen LogP contribution in [-0.4, -0.2) is 76.1 Å². The maximum atomic E-state index is 13.8. The summed E-state index contributed by atoms with van der Waals surface area (Å²) in [6.45, 7) is 17.9. The molecule has 3 aromatic rings. The number of likely N-dealkylation sites (N-methyl/N-ethyl adjacent to an activating group) is 1. The summed E-state index contributed by atoms with van der Waals surface area (Å²) in [6.07, 6.45) is 0.994. The minimum absolute atomic E-state index is 0.130. The highest BCUT2D eigenvalue weighted by Gasteiger charge is 2.26. The normalized spacial score (nSPS) is 11.8. The van der Waals surface area contributed by atoms with Crippen LogP contribution in [0.2, 0.25) is 0 Å². The van der Waals surface area contributed by atoms with Crippen LogP contribution in [0.4, 0.5) is 26.7 Å². The number of thiophene rings is 1. The maximum Gasteiger partial charge on any atom is 0.412 e. The molecule has 0 saturated carbocycles. The number of nitrogens with zero attached hydrogens (tertiary/aromatic N) is 3. The first-order chi connectivity index (χ1) is 21.9. The van der Waals surface area contributed by atoms with Crippen LogP contribution < -0.4 is 16.0 Å². The second-order valence-corrected chi connectivity index (χ2v) is 15.2. The van der Waals surface area contributed by atoms with Crippen LogP contribution in [0.25, 0.3) is 0 Å². The van der Waals surface area contributed by atoms with Gasteiger partial charge in [0.25, 0.3) is 5.91 Å². The first kappa shape index (κ1) is 37.7. The van der Waals surface area contributed by atoms with E-state index in [9.17, 15) is 14.4 Å². The van der Waals surface area contributed by atoms with Crippen molar-refractivity contribution in [1.82, 2.24) is 14.8 Å². The summed E-state index contributed by atoms with van der Waals surface area (Å²) in [6, 6.07) is 5.22. The van der Waals surface area contributed by atoms with Crippen molar-refractivity contribution in [2.45, 2.75) is 79.6 Å². The van der Waals surface area contributed by atoms with Crippen LogP contribution in [0.1, 0.15) is 79.8 Å². The fourth-order valence-electron chi connectivity index (χ4n) is 5.12. The Morgan fingerprint density at radius 3 is 2.15 bits per heavy atom. The van der Waals surface area contributed by atoms with Gasteiger partial charge < -0.3 is 29.6 Å². The molecule has 3 rings (SSSR count). The Morgan fingerprint density at radius 1 is 0.936 bits per heavy atom. The van der Waals surface area contributed by atoms with Gasteiger partial charge in [0.05, 0.1) is 18.0 Å². The average Bonchev–Trinajstić information content (AvgIpc) is 3.38. The molecule has 1 aromatic carbocycles. The van der Waals surface area contributed by atoms with Crippen LogP contribution in [-0.2, 0) is 27.7 Å². The second-order valence-electron chi connectivity index (χ2n) is 13.9. The lowest BCUT2D eigenvalue weighted by Crippen LogP contribution is -2.39. The number of hydrogen-bond acceptors (Lipinski definition) is 8. The molecule has 3 N–H and O–H groups in total. The molecule has 0 aliphatic heterocycles. The Balaban J connectivity index is 1.78. The lowest BCUT2D eigenvalue weighted by Gasteiger charge is -2.30. The molecule has 0 spiro atoms. The monoisotopic (exact) mass is 682 g/mol. The Hall–Kier alpha value is -3.78. The van der Waals surface area contributed by atoms with Crippen molar-refractivity contribution >= 4 is 56.9 Å². The van der Waals surface area contributed by atoms with Gasteiger partial charge in [-0.1, -0.05) is 26.8 Å². The molecule has 0 aliphatic rings. The van der Waals surface area contributed by atoms with E-state index in [1.54, 1.807) is 54.8 Å². The molecule has 2 aromatic heterocycles. The Morgan fingerprint density at radius 2 is 1.60 bits per heavy atom. The van der Waals surface area contributed by atoms with Gasteiger partial charge in [0, 0.05) is 47.8 Å². The number of nitrogens with one attached hydrogen (secondary N) is 3. The first-order valence-electron chi connectivity index (χ1n) is 15.5. The number of carbonyl (C=O) groups is 3. The molecule has 0 radical (unpaired) electrons. The number of carbonyl (C=O) groups excluding carboxylic acids is 3. The highest BCUT2D eigenvalue weighted by molar-refractivity contribution is 7.09. The third-order valence-electron chi connectivity index (χ3n) is 7.32. The summed E-state index contributed by atoms with van der Waals surface area (Å²) in [5, 5.41) is 12.1. The highest BCUT2D eigenvalue weighted by Crippen LogP contribution is 2.36. The van der Waals surface area contributed by atoms with Crippen LogP contribution in [0, 0.1) is 13.8 Å². The molecular weight excluding hydrogens is 633 g/mol. The van der Waals surface area contributed by atoms with Crippen molar-refractivity contribution in [2.24, 2.45) is 0 Å². The Kier molecular flexibility index (Phi) is 12.7. The Bertz CT molecular complexity index is 1560. The summed E-state index contributed by atoms with van der Waals surface area (Å²) in [5.41, 5.74) is 6.34. The standard InChI is InChI=1S/C34H50N6O5SSi/c1-21-15-26(24(18-44-47)29(22(21)2)33(3,4)5)37-31(42)40(14-13-39(9)10)17-23-11-12-25(35-16-23)30(41)36-27-19-46-20-28(27)38-32(43)45-34(6,7)8/h11-12,15-16,19-20H,13-14,17-18H2,1-10,47H3,(H,36,41)(H,37,42)(H,38,43). The third-order valence-corrected chi connectivity index (χ3v) is 8.35. The average molecular weight is 683 g/mol. The molecule has 4 amide bonds. The zero-order valence-corrected chi connectivity index (χ0v) is 32.4. The molecule has 0 bridgehead atoms. The topological polar surface area (TPSA) is 125 Å². The maximum absolute atomic E-state index is 13.8. The molecule has 0 unspecified atom stereocenters. The number of aryl methyl sites for hydroxylation is 1. The van der Waals surface area contributed by atoms with Crippen molar-refractivity contribution in [3.05, 3.63) is 68.7 Å². The van der Waals surface area contributed by atoms with Gasteiger partial charge in [0.15, 0.2) is 0 Å². The molecular formula is C34H50N6O5SSi. The number of hydrogen-bond donors (Lipinski definition) is 3. The summed E-state index contributed by atoms with van der Waals surface area (Å²) in [4.78, 5) is 47.2. The quantitative estimate of drug-likeness (QED) is 0.210. The van der Waals surface area contributed by atoms with E-state index in [1.165, 1.54) is 22.5 Å². The SMILES string of the molecule is Cc1cc(NC(=O)N(CCN(C)C)Cc2ccc(C(=O)Nc3cscc3NC(=O)OC(C)(C)C)nc2)c(CO[SiH3])c(C(C)(C)C)c1C. The molecule has 0 fully saturated rings. The minimum Gasteiger partial charge on any atom is -0.444 e. The second kappa shape index (κ2) is 15.9. The van der Waals surface area contributed by atoms with Crippen molar-refractivity contribution in [3.8, 4) is 0 Å². The van der Waals surface area contributed by atoms with Gasteiger partial charge >= 0.3 is 12.1 Å². The van der Waals surface area contributed by atoms with Gasteiger partial charge in [0.1, 0.15) is 21.8 Å². The molecule has 2 heterocycles. The number of amides is 4. The zero-order valence-electron chi connectivity index (χ0n) is 29.6. The largest absolute Gasteiger partial charge is 0.444 e. The fraction of sp³-hybridized carbons (Fsp3) is 0.471. The predicted molar refractivity (Wildman–Crippen MR) is 194 cm³/mol. The van der Waals surface area contributed by atoms with E-state index in [2.05, 4.69) is 55.6 Å². The van der Waals surface area contributed by atoms with Crippen molar-refractivity contribution in [3.63, 3.8) is 0 Å². The smallest absolute Gasteiger partial charge is 0.412 e. The molecule has 0 atom stereocenters. The van der Waals surface area contributed by atoms with E-state index < -0.39 is 17.6 Å². The summed E-state index contributed by atoms with van der Waals surface area (Å²) >= 11 is 1.33. The van der Waals surface area contributed by atoms with E-state index in [0.717, 1.165) is 22.4 Å². The molecule has 13 heteroatoms. The summed E-state index contributed by atoms with van der Waals surface area (Å²) in [5.74, 6) is -0.428. The van der Waals surface area contributed by atoms with Crippen LogP contribution >= 0.6 is 11.3 Å². The third kappa shape index (κ3) is 10.9. The zero-order chi connectivity index (χ0) is 35.1. The van der Waals surface area contributed by atoms with Crippen molar-refractivity contribution in [1.29, 1.82) is 0 Å². The number of urea groups is 1. The summed E-state index contributed by atoms with van der Waals surface area (Å²) in [7, 11) is 4.51. The fourth-order valence-corrected chi connectivity index (χ4v) is 6.12. The lowest BCUT2D eigenvalue weighted by atomic mass is 9.79. The predicted octanol–water partition coefficient (Wildman–Crippen LogP) is 6.05. The molecule has 0 saturated heterocycles. The van der Waals surface area contributed by atoms with E-state index in [0.29, 0.717) is 48.1 Å². The number of benzene rings is 1. The van der Waals surface area contributed by atoms with Gasteiger partial charge in [0.2, 0.25) is 0 Å². The van der Waals surface area contributed by atoms with Crippen LogP contribution in [0.5, 0.6) is 0 Å². The van der Waals surface area contributed by atoms with E-state index in [4.69, 9.17) is 9.16 Å². The molecule has 47 heavy (non-hydrogen) atoms. The van der Waals surface area contributed by atoms with E-state index in [-0.39, 0.29) is 17.1 Å². The molecule has 256 valence electrons. The number of rotatable bonds is 11. The van der Waals surface area contributed by atoms with Gasteiger partial charge in [-0.3, -0.25) is 15.1 Å². The van der Waals surface area contributed by atoms with Crippen LogP contribution in [0.3, 0.4) is 0 Å². The summed E-state index contributed by atoms with van der Waals surface area (Å²) < 4.78 is 11.0. The molecule has 11 nitrogen and oxygen atoms in total. The van der Waals surface area contributed by atoms with Gasteiger partial charge in [-0.05, 0) is 88.5 Å². The molecule has 0 aliphatic carbocycles. The van der Waals surface area contributed by atoms with E-state index in [1.807, 2.05) is 25.1 Å². The highest BCUT2D eigenvalue weighted by atomic mass is 32.1. The Labute approximate surface area is 286 Å². The number of ether oxygens (including phenoxy) is 1. The van der Waals surface area contributed by atoms with Gasteiger partial charge in [-0.25, -0.2) is 9.59 Å².